The average Bonchev–Trinajstić information content (AvgIpc) is 2.37. The van der Waals surface area contributed by atoms with Crippen LogP contribution < -0.4 is 5.32 Å². The molecule has 2 nitrogen and oxygen atoms in total. The van der Waals surface area contributed by atoms with E-state index in [0.29, 0.717) is 4.47 Å². The maximum absolute atomic E-state index is 13.5. The van der Waals surface area contributed by atoms with Gasteiger partial charge in [0, 0.05) is 9.37 Å². The second-order valence-electron chi connectivity index (χ2n) is 4.02. The van der Waals surface area contributed by atoms with Gasteiger partial charge in [0.1, 0.15) is 5.82 Å². The summed E-state index contributed by atoms with van der Waals surface area (Å²) < 4.78 is 14.2. The van der Waals surface area contributed by atoms with Crippen molar-refractivity contribution in [3.63, 3.8) is 0 Å². The predicted molar refractivity (Wildman–Crippen MR) is 80.1 cm³/mol. The van der Waals surface area contributed by atoms with Crippen LogP contribution in [-0.2, 0) is 11.2 Å². The lowest BCUT2D eigenvalue weighted by Gasteiger charge is -2.07. The molecule has 0 aliphatic heterocycles. The van der Waals surface area contributed by atoms with Crippen molar-refractivity contribution >= 4 is 40.2 Å². The van der Waals surface area contributed by atoms with Crippen LogP contribution in [0.4, 0.5) is 10.1 Å². The molecule has 19 heavy (non-hydrogen) atoms. The van der Waals surface area contributed by atoms with Gasteiger partial charge in [0.05, 0.1) is 12.1 Å². The Hall–Kier alpha value is -1.33. The molecule has 1 amide bonds. The Bertz CT molecular complexity index is 601. The maximum Gasteiger partial charge on any atom is 0.228 e. The second-order valence-corrected chi connectivity index (χ2v) is 5.45. The van der Waals surface area contributed by atoms with Gasteiger partial charge in [0.2, 0.25) is 5.91 Å². The maximum atomic E-state index is 13.5. The highest BCUT2D eigenvalue weighted by Gasteiger charge is 2.08. The van der Waals surface area contributed by atoms with Gasteiger partial charge >= 0.3 is 0 Å². The van der Waals surface area contributed by atoms with Crippen LogP contribution in [0.3, 0.4) is 0 Å². The summed E-state index contributed by atoms with van der Waals surface area (Å²) in [5.41, 5.74) is 1.02. The summed E-state index contributed by atoms with van der Waals surface area (Å²) in [4.78, 5) is 12.7. The first-order valence-electron chi connectivity index (χ1n) is 5.57. The van der Waals surface area contributed by atoms with Gasteiger partial charge in [-0.05, 0) is 35.9 Å². The van der Waals surface area contributed by atoms with Gasteiger partial charge < -0.3 is 5.32 Å². The summed E-state index contributed by atoms with van der Waals surface area (Å²) in [5.74, 6) is -0.717. The van der Waals surface area contributed by atoms with E-state index in [-0.39, 0.29) is 18.0 Å². The molecule has 0 radical (unpaired) electrons. The van der Waals surface area contributed by atoms with E-state index in [1.807, 2.05) is 24.3 Å². The largest absolute Gasteiger partial charge is 0.323 e. The van der Waals surface area contributed by atoms with Gasteiger partial charge in [-0.1, -0.05) is 28.1 Å². The first-order valence-corrected chi connectivity index (χ1v) is 6.81. The molecule has 0 atom stereocenters. The molecule has 0 aliphatic rings. The molecule has 0 heterocycles. The number of anilines is 1. The highest BCUT2D eigenvalue weighted by molar-refractivity contribution is 9.10. The third-order valence-electron chi connectivity index (χ3n) is 2.50. The lowest BCUT2D eigenvalue weighted by Crippen LogP contribution is -2.15. The quantitative estimate of drug-likeness (QED) is 0.811. The van der Waals surface area contributed by atoms with Crippen LogP contribution >= 0.6 is 28.6 Å². The fourth-order valence-corrected chi connectivity index (χ4v) is 2.10. The molecule has 0 spiro atoms. The molecule has 0 unspecified atom stereocenters. The van der Waals surface area contributed by atoms with Crippen molar-refractivity contribution in [3.8, 4) is 0 Å². The van der Waals surface area contributed by atoms with Crippen LogP contribution in [0.1, 0.15) is 5.56 Å². The van der Waals surface area contributed by atoms with E-state index >= 15 is 0 Å². The molecule has 2 aromatic carbocycles. The molecule has 0 bridgehead atoms. The van der Waals surface area contributed by atoms with Crippen molar-refractivity contribution in [1.82, 2.24) is 0 Å². The number of amides is 1. The smallest absolute Gasteiger partial charge is 0.228 e. The van der Waals surface area contributed by atoms with Crippen LogP contribution in [0.2, 0.25) is 0 Å². The predicted octanol–water partition coefficient (Wildman–Crippen LogP) is 4.06. The van der Waals surface area contributed by atoms with Gasteiger partial charge in [0.15, 0.2) is 0 Å². The first-order chi connectivity index (χ1) is 9.04. The molecule has 0 fully saturated rings. The topological polar surface area (TPSA) is 29.1 Å². The molecule has 0 saturated heterocycles. The molecule has 2 aromatic rings. The molecule has 0 aromatic heterocycles. The zero-order chi connectivity index (χ0) is 13.8. The lowest BCUT2D eigenvalue weighted by atomic mass is 10.1. The minimum atomic E-state index is -0.456. The zero-order valence-corrected chi connectivity index (χ0v) is 12.3. The number of carbonyl (C=O) groups is 1. The molecule has 0 aliphatic carbocycles. The van der Waals surface area contributed by atoms with Crippen molar-refractivity contribution in [1.29, 1.82) is 0 Å². The summed E-state index contributed by atoms with van der Waals surface area (Å²) in [6.45, 7) is 0. The number of rotatable bonds is 3. The summed E-state index contributed by atoms with van der Waals surface area (Å²) in [7, 11) is 0. The van der Waals surface area contributed by atoms with E-state index in [9.17, 15) is 9.18 Å². The third kappa shape index (κ3) is 4.08. The number of hydrogen-bond donors (Lipinski definition) is 2. The third-order valence-corrected chi connectivity index (χ3v) is 3.29. The second kappa shape index (κ2) is 6.21. The number of carbonyl (C=O) groups excluding carboxylic acids is 1. The Morgan fingerprint density at radius 3 is 2.58 bits per heavy atom. The highest BCUT2D eigenvalue weighted by atomic mass is 79.9. The SMILES string of the molecule is O=C(Cc1ccc(S)cc1)Nc1cc(Br)ccc1F. The molecule has 5 heteroatoms. The van der Waals surface area contributed by atoms with E-state index in [2.05, 4.69) is 33.9 Å². The molecule has 98 valence electrons. The van der Waals surface area contributed by atoms with Crippen LogP contribution in [0.15, 0.2) is 51.8 Å². The van der Waals surface area contributed by atoms with Crippen molar-refractivity contribution in [3.05, 3.63) is 58.3 Å². The Labute approximate surface area is 124 Å². The minimum absolute atomic E-state index is 0.171. The number of hydrogen-bond acceptors (Lipinski definition) is 2. The van der Waals surface area contributed by atoms with E-state index in [0.717, 1.165) is 10.5 Å². The molecular weight excluding hydrogens is 329 g/mol. The number of thiol groups is 1. The fraction of sp³-hybridized carbons (Fsp3) is 0.0714. The van der Waals surface area contributed by atoms with Crippen molar-refractivity contribution in [2.24, 2.45) is 0 Å². The Balaban J connectivity index is 2.05. The summed E-state index contributed by atoms with van der Waals surface area (Å²) in [6.07, 6.45) is 0.194. The summed E-state index contributed by atoms with van der Waals surface area (Å²) in [6, 6.07) is 11.7. The molecule has 0 saturated carbocycles. The van der Waals surface area contributed by atoms with Gasteiger partial charge in [0.25, 0.3) is 0 Å². The van der Waals surface area contributed by atoms with E-state index < -0.39 is 5.82 Å². The average molecular weight is 340 g/mol. The number of halogens is 2. The molecule has 1 N–H and O–H groups in total. The van der Waals surface area contributed by atoms with Crippen LogP contribution in [0.25, 0.3) is 0 Å². The molecule has 2 rings (SSSR count). The van der Waals surface area contributed by atoms with Crippen LogP contribution in [-0.4, -0.2) is 5.91 Å². The van der Waals surface area contributed by atoms with Crippen LogP contribution in [0.5, 0.6) is 0 Å². The highest BCUT2D eigenvalue weighted by Crippen LogP contribution is 2.20. The van der Waals surface area contributed by atoms with Gasteiger partial charge in [-0.15, -0.1) is 12.6 Å². The van der Waals surface area contributed by atoms with Gasteiger partial charge in [-0.2, -0.15) is 0 Å². The zero-order valence-electron chi connectivity index (χ0n) is 9.86. The number of benzene rings is 2. The van der Waals surface area contributed by atoms with E-state index in [4.69, 9.17) is 0 Å². The first kappa shape index (κ1) is 14.1. The van der Waals surface area contributed by atoms with Crippen molar-refractivity contribution in [2.75, 3.05) is 5.32 Å². The van der Waals surface area contributed by atoms with E-state index in [1.54, 1.807) is 6.07 Å². The Morgan fingerprint density at radius 1 is 1.21 bits per heavy atom. The van der Waals surface area contributed by atoms with Gasteiger partial charge in [-0.25, -0.2) is 4.39 Å². The van der Waals surface area contributed by atoms with Gasteiger partial charge in [-0.3, -0.25) is 4.79 Å². The van der Waals surface area contributed by atoms with Crippen molar-refractivity contribution in [2.45, 2.75) is 11.3 Å². The molecular formula is C14H11BrFNOS. The number of nitrogens with one attached hydrogen (secondary N) is 1. The van der Waals surface area contributed by atoms with Crippen molar-refractivity contribution < 1.29 is 9.18 Å². The standard InChI is InChI=1S/C14H11BrFNOS/c15-10-3-6-12(16)13(8-10)17-14(18)7-9-1-4-11(19)5-2-9/h1-6,8,19H,7H2,(H,17,18). The Morgan fingerprint density at radius 2 is 1.89 bits per heavy atom. The van der Waals surface area contributed by atoms with Crippen LogP contribution in [0, 0.1) is 5.82 Å². The fourth-order valence-electron chi connectivity index (χ4n) is 1.59. The van der Waals surface area contributed by atoms with E-state index in [1.165, 1.54) is 12.1 Å². The monoisotopic (exact) mass is 339 g/mol. The lowest BCUT2D eigenvalue weighted by molar-refractivity contribution is -0.115. The minimum Gasteiger partial charge on any atom is -0.323 e. The summed E-state index contributed by atoms with van der Waals surface area (Å²) in [5, 5.41) is 2.55. The Kier molecular flexibility index (Phi) is 4.61. The normalized spacial score (nSPS) is 10.3. The summed E-state index contributed by atoms with van der Waals surface area (Å²) >= 11 is 7.41.